The van der Waals surface area contributed by atoms with Crippen LogP contribution in [0.3, 0.4) is 0 Å². The van der Waals surface area contributed by atoms with Crippen molar-refractivity contribution < 1.29 is 9.32 Å². The predicted molar refractivity (Wildman–Crippen MR) is 96.4 cm³/mol. The summed E-state index contributed by atoms with van der Waals surface area (Å²) in [5.41, 5.74) is 7.22. The lowest BCUT2D eigenvalue weighted by atomic mass is 10.0. The number of hydrogen-bond donors (Lipinski definition) is 2. The van der Waals surface area contributed by atoms with Crippen molar-refractivity contribution in [3.63, 3.8) is 0 Å². The minimum Gasteiger partial charge on any atom is -0.349 e. The lowest BCUT2D eigenvalue weighted by Crippen LogP contribution is -2.44. The first-order valence-electron chi connectivity index (χ1n) is 8.26. The maximum atomic E-state index is 12.4. The molecule has 1 saturated heterocycles. The van der Waals surface area contributed by atoms with Crippen LogP contribution in [0, 0.1) is 6.92 Å². The number of amides is 1. The molecule has 0 bridgehead atoms. The Morgan fingerprint density at radius 2 is 2.08 bits per heavy atom. The predicted octanol–water partition coefficient (Wildman–Crippen LogP) is 1.65. The Hall–Kier alpha value is -1.96. The summed E-state index contributed by atoms with van der Waals surface area (Å²) in [6.45, 7) is 4.66. The highest BCUT2D eigenvalue weighted by Gasteiger charge is 2.22. The summed E-state index contributed by atoms with van der Waals surface area (Å²) in [4.78, 5) is 18.9. The molecule has 0 atom stereocenters. The Labute approximate surface area is 153 Å². The zero-order valence-corrected chi connectivity index (χ0v) is 15.1. The third kappa shape index (κ3) is 5.01. The van der Waals surface area contributed by atoms with Gasteiger partial charge in [-0.25, -0.2) is 0 Å². The molecular formula is C17H24ClN5O2. The number of aromatic nitrogens is 2. The van der Waals surface area contributed by atoms with Gasteiger partial charge in [-0.05, 0) is 31.4 Å². The topological polar surface area (TPSA) is 97.3 Å². The van der Waals surface area contributed by atoms with E-state index in [0.717, 1.165) is 37.1 Å². The molecule has 1 aromatic carbocycles. The molecule has 1 fully saturated rings. The molecule has 0 unspecified atom stereocenters. The van der Waals surface area contributed by atoms with Crippen molar-refractivity contribution in [1.29, 1.82) is 0 Å². The van der Waals surface area contributed by atoms with Crippen LogP contribution in [0.2, 0.25) is 0 Å². The van der Waals surface area contributed by atoms with Gasteiger partial charge in [-0.2, -0.15) is 4.98 Å². The van der Waals surface area contributed by atoms with Crippen molar-refractivity contribution in [3.8, 4) is 0 Å². The summed E-state index contributed by atoms with van der Waals surface area (Å²) in [5.74, 6) is 1.14. The second-order valence-corrected chi connectivity index (χ2v) is 6.15. The van der Waals surface area contributed by atoms with Crippen molar-refractivity contribution in [1.82, 2.24) is 20.4 Å². The summed E-state index contributed by atoms with van der Waals surface area (Å²) in [7, 11) is 0. The van der Waals surface area contributed by atoms with Crippen LogP contribution in [0.15, 0.2) is 28.8 Å². The van der Waals surface area contributed by atoms with Gasteiger partial charge in [-0.1, -0.05) is 23.4 Å². The van der Waals surface area contributed by atoms with Crippen molar-refractivity contribution in [2.24, 2.45) is 5.73 Å². The lowest BCUT2D eigenvalue weighted by molar-refractivity contribution is 0.0907. The molecule has 8 heteroatoms. The molecule has 2 aromatic rings. The van der Waals surface area contributed by atoms with Gasteiger partial charge in [0.15, 0.2) is 5.82 Å². The molecule has 7 nitrogen and oxygen atoms in total. The zero-order chi connectivity index (χ0) is 16.9. The number of halogens is 1. The van der Waals surface area contributed by atoms with Crippen molar-refractivity contribution in [2.45, 2.75) is 38.9 Å². The molecule has 136 valence electrons. The van der Waals surface area contributed by atoms with E-state index < -0.39 is 0 Å². The number of nitrogens with zero attached hydrogens (tertiary/aromatic N) is 3. The van der Waals surface area contributed by atoms with E-state index in [1.807, 2.05) is 31.2 Å². The average Bonchev–Trinajstić information content (AvgIpc) is 3.04. The minimum atomic E-state index is 0. The maximum Gasteiger partial charge on any atom is 0.251 e. The molecule has 3 rings (SSSR count). The van der Waals surface area contributed by atoms with Crippen LogP contribution in [-0.4, -0.2) is 40.1 Å². The van der Waals surface area contributed by atoms with Crippen molar-refractivity contribution in [3.05, 3.63) is 47.1 Å². The largest absolute Gasteiger partial charge is 0.349 e. The third-order valence-electron chi connectivity index (χ3n) is 4.36. The van der Waals surface area contributed by atoms with Crippen LogP contribution in [-0.2, 0) is 13.1 Å². The molecule has 3 N–H and O–H groups in total. The van der Waals surface area contributed by atoms with Gasteiger partial charge in [0.1, 0.15) is 0 Å². The monoisotopic (exact) mass is 365 g/mol. The van der Waals surface area contributed by atoms with Crippen molar-refractivity contribution >= 4 is 18.3 Å². The summed E-state index contributed by atoms with van der Waals surface area (Å²) in [6, 6.07) is 7.87. The van der Waals surface area contributed by atoms with E-state index in [2.05, 4.69) is 20.4 Å². The quantitative estimate of drug-likeness (QED) is 0.836. The standard InChI is InChI=1S/C17H23N5O2.ClH/c1-12-4-2-3-5-14(12)17(23)19-13-6-8-22(9-7-13)11-15-20-16(10-18)24-21-15;/h2-5,13H,6-11,18H2,1H3,(H,19,23);1H. The van der Waals surface area contributed by atoms with E-state index in [-0.39, 0.29) is 30.9 Å². The fourth-order valence-corrected chi connectivity index (χ4v) is 2.96. The number of nitrogens with two attached hydrogens (primary N) is 1. The molecule has 0 aliphatic carbocycles. The normalized spacial score (nSPS) is 15.6. The van der Waals surface area contributed by atoms with Gasteiger partial charge in [0, 0.05) is 24.7 Å². The first kappa shape index (κ1) is 19.4. The van der Waals surface area contributed by atoms with Crippen LogP contribution in [0.25, 0.3) is 0 Å². The first-order valence-corrected chi connectivity index (χ1v) is 8.26. The van der Waals surface area contributed by atoms with Gasteiger partial charge in [-0.15, -0.1) is 12.4 Å². The average molecular weight is 366 g/mol. The number of carbonyl (C=O) groups is 1. The summed E-state index contributed by atoms with van der Waals surface area (Å²) in [5, 5.41) is 7.06. The van der Waals surface area contributed by atoms with Crippen LogP contribution in [0.4, 0.5) is 0 Å². The second kappa shape index (κ2) is 8.94. The molecule has 1 aromatic heterocycles. The molecule has 0 radical (unpaired) electrons. The van der Waals surface area contributed by atoms with E-state index >= 15 is 0 Å². The molecule has 0 saturated carbocycles. The molecule has 1 aliphatic heterocycles. The summed E-state index contributed by atoms with van der Waals surface area (Å²) >= 11 is 0. The Kier molecular flexibility index (Phi) is 6.92. The van der Waals surface area contributed by atoms with E-state index in [1.165, 1.54) is 0 Å². The maximum absolute atomic E-state index is 12.4. The van der Waals surface area contributed by atoms with Gasteiger partial charge < -0.3 is 15.6 Å². The zero-order valence-electron chi connectivity index (χ0n) is 14.3. The number of likely N-dealkylation sites (tertiary alicyclic amines) is 1. The Morgan fingerprint density at radius 3 is 2.72 bits per heavy atom. The van der Waals surface area contributed by atoms with Gasteiger partial charge >= 0.3 is 0 Å². The van der Waals surface area contributed by atoms with E-state index in [4.69, 9.17) is 10.3 Å². The van der Waals surface area contributed by atoms with E-state index in [9.17, 15) is 4.79 Å². The van der Waals surface area contributed by atoms with Gasteiger partial charge in [0.25, 0.3) is 5.91 Å². The lowest BCUT2D eigenvalue weighted by Gasteiger charge is -2.31. The highest BCUT2D eigenvalue weighted by atomic mass is 35.5. The number of rotatable bonds is 5. The SMILES string of the molecule is Cc1ccccc1C(=O)NC1CCN(Cc2noc(CN)n2)CC1.Cl. The molecule has 0 spiro atoms. The minimum absolute atomic E-state index is 0. The van der Waals surface area contributed by atoms with Crippen LogP contribution >= 0.6 is 12.4 Å². The number of piperidine rings is 1. The van der Waals surface area contributed by atoms with Crippen LogP contribution < -0.4 is 11.1 Å². The summed E-state index contributed by atoms with van der Waals surface area (Å²) < 4.78 is 5.02. The van der Waals surface area contributed by atoms with E-state index in [1.54, 1.807) is 0 Å². The number of benzene rings is 1. The Morgan fingerprint density at radius 1 is 1.36 bits per heavy atom. The molecule has 25 heavy (non-hydrogen) atoms. The van der Waals surface area contributed by atoms with Crippen molar-refractivity contribution in [2.75, 3.05) is 13.1 Å². The Balaban J connectivity index is 0.00000225. The number of hydrogen-bond acceptors (Lipinski definition) is 6. The molecule has 1 aliphatic rings. The third-order valence-corrected chi connectivity index (χ3v) is 4.36. The molecule has 2 heterocycles. The number of aryl methyl sites for hydroxylation is 1. The second-order valence-electron chi connectivity index (χ2n) is 6.15. The van der Waals surface area contributed by atoms with Gasteiger partial charge in [0.2, 0.25) is 5.89 Å². The fourth-order valence-electron chi connectivity index (χ4n) is 2.96. The fraction of sp³-hybridized carbons (Fsp3) is 0.471. The highest BCUT2D eigenvalue weighted by Crippen LogP contribution is 2.14. The Bertz CT molecular complexity index is 698. The van der Waals surface area contributed by atoms with Crippen LogP contribution in [0.5, 0.6) is 0 Å². The number of carbonyl (C=O) groups excluding carboxylic acids is 1. The van der Waals surface area contributed by atoms with Gasteiger partial charge in [-0.3, -0.25) is 9.69 Å². The first-order chi connectivity index (χ1) is 11.7. The van der Waals surface area contributed by atoms with Gasteiger partial charge in [0.05, 0.1) is 13.1 Å². The van der Waals surface area contributed by atoms with E-state index in [0.29, 0.717) is 18.3 Å². The smallest absolute Gasteiger partial charge is 0.251 e. The van der Waals surface area contributed by atoms with Crippen LogP contribution in [0.1, 0.15) is 40.5 Å². The number of nitrogens with one attached hydrogen (secondary N) is 1. The summed E-state index contributed by atoms with van der Waals surface area (Å²) in [6.07, 6.45) is 1.83. The molecular weight excluding hydrogens is 342 g/mol. The molecule has 1 amide bonds. The highest BCUT2D eigenvalue weighted by molar-refractivity contribution is 5.95.